The topological polar surface area (TPSA) is 118 Å². The first kappa shape index (κ1) is 21.0. The van der Waals surface area contributed by atoms with Gasteiger partial charge in [0.1, 0.15) is 11.3 Å². The molecular formula is C16H15ClF3N5O3S. The lowest BCUT2D eigenvalue weighted by molar-refractivity contribution is -0.138. The summed E-state index contributed by atoms with van der Waals surface area (Å²) >= 11 is 6.05. The van der Waals surface area contributed by atoms with Crippen LogP contribution in [0, 0.1) is 0 Å². The van der Waals surface area contributed by atoms with E-state index in [0.717, 1.165) is 12.3 Å². The van der Waals surface area contributed by atoms with Crippen LogP contribution in [0.15, 0.2) is 46.3 Å². The molecule has 0 saturated heterocycles. The summed E-state index contributed by atoms with van der Waals surface area (Å²) < 4.78 is 69.1. The Bertz CT molecular complexity index is 1060. The molecule has 1 atom stereocenters. The first-order chi connectivity index (χ1) is 13.4. The van der Waals surface area contributed by atoms with Crippen molar-refractivity contribution < 1.29 is 26.3 Å². The van der Waals surface area contributed by atoms with Crippen molar-refractivity contribution in [1.29, 1.82) is 0 Å². The molecule has 1 aliphatic rings. The van der Waals surface area contributed by atoms with Gasteiger partial charge in [-0.1, -0.05) is 11.6 Å². The highest BCUT2D eigenvalue weighted by Crippen LogP contribution is 2.44. The molecule has 2 aromatic rings. The Morgan fingerprint density at radius 2 is 1.90 bits per heavy atom. The van der Waals surface area contributed by atoms with E-state index in [1.165, 1.54) is 30.3 Å². The van der Waals surface area contributed by atoms with E-state index in [4.69, 9.17) is 22.1 Å². The zero-order chi connectivity index (χ0) is 21.4. The molecule has 0 aromatic heterocycles. The lowest BCUT2D eigenvalue weighted by Crippen LogP contribution is -2.41. The molecule has 0 spiro atoms. The minimum absolute atomic E-state index is 0.00374. The van der Waals surface area contributed by atoms with Gasteiger partial charge in [-0.3, -0.25) is 5.43 Å². The normalized spacial score (nSPS) is 16.9. The molecule has 0 saturated carbocycles. The zero-order valence-corrected chi connectivity index (χ0v) is 16.3. The van der Waals surface area contributed by atoms with Gasteiger partial charge in [-0.15, -0.1) is 0 Å². The quantitative estimate of drug-likeness (QED) is 0.554. The van der Waals surface area contributed by atoms with Crippen LogP contribution in [0.5, 0.6) is 11.5 Å². The summed E-state index contributed by atoms with van der Waals surface area (Å²) in [6, 6.07) is 6.99. The van der Waals surface area contributed by atoms with Gasteiger partial charge >= 0.3 is 6.18 Å². The summed E-state index contributed by atoms with van der Waals surface area (Å²) in [7, 11) is -3.45. The Labute approximate surface area is 168 Å². The van der Waals surface area contributed by atoms with E-state index in [0.29, 0.717) is 0 Å². The fourth-order valence-corrected chi connectivity index (χ4v) is 3.32. The van der Waals surface area contributed by atoms with Gasteiger partial charge in [-0.05, 0) is 36.4 Å². The summed E-state index contributed by atoms with van der Waals surface area (Å²) in [5.41, 5.74) is 9.44. The first-order valence-electron chi connectivity index (χ1n) is 7.93. The molecule has 29 heavy (non-hydrogen) atoms. The lowest BCUT2D eigenvalue weighted by Gasteiger charge is -2.19. The maximum Gasteiger partial charge on any atom is 0.420 e. The van der Waals surface area contributed by atoms with E-state index in [1.807, 2.05) is 0 Å². The molecule has 1 aliphatic heterocycles. The van der Waals surface area contributed by atoms with Gasteiger partial charge < -0.3 is 15.8 Å². The van der Waals surface area contributed by atoms with E-state index >= 15 is 0 Å². The summed E-state index contributed by atoms with van der Waals surface area (Å²) in [5, 5.41) is 2.38. The summed E-state index contributed by atoms with van der Waals surface area (Å²) in [5.74, 6) is -0.552. The Kier molecular flexibility index (Phi) is 5.52. The van der Waals surface area contributed by atoms with Crippen molar-refractivity contribution in [2.45, 2.75) is 17.4 Å². The number of rotatable bonds is 5. The first-order valence-corrected chi connectivity index (χ1v) is 10.2. The largest absolute Gasteiger partial charge is 0.455 e. The molecule has 0 radical (unpaired) electrons. The van der Waals surface area contributed by atoms with Crippen molar-refractivity contribution in [3.8, 4) is 11.5 Å². The van der Waals surface area contributed by atoms with Gasteiger partial charge in [0.15, 0.2) is 21.9 Å². The number of sulfone groups is 1. The van der Waals surface area contributed by atoms with E-state index < -0.39 is 33.6 Å². The van der Waals surface area contributed by atoms with Crippen LogP contribution in [0.4, 0.5) is 18.9 Å². The van der Waals surface area contributed by atoms with Gasteiger partial charge in [-0.25, -0.2) is 13.4 Å². The average molecular weight is 450 g/mol. The highest BCUT2D eigenvalue weighted by molar-refractivity contribution is 7.90. The Balaban J connectivity index is 1.93. The Morgan fingerprint density at radius 3 is 2.41 bits per heavy atom. The molecular weight excluding hydrogens is 435 g/mol. The second kappa shape index (κ2) is 7.61. The molecule has 1 heterocycles. The minimum Gasteiger partial charge on any atom is -0.455 e. The number of nitrogens with two attached hydrogens (primary N) is 1. The van der Waals surface area contributed by atoms with E-state index in [2.05, 4.69) is 21.2 Å². The zero-order valence-electron chi connectivity index (χ0n) is 14.7. The number of benzene rings is 2. The third-order valence-corrected chi connectivity index (χ3v) is 5.14. The minimum atomic E-state index is -4.77. The number of nitrogens with zero attached hydrogens (tertiary/aromatic N) is 1. The lowest BCUT2D eigenvalue weighted by atomic mass is 10.1. The number of anilines is 1. The molecule has 0 fully saturated rings. The molecule has 2 aromatic carbocycles. The highest BCUT2D eigenvalue weighted by Gasteiger charge is 2.36. The van der Waals surface area contributed by atoms with Gasteiger partial charge in [-0.2, -0.15) is 18.6 Å². The van der Waals surface area contributed by atoms with Crippen LogP contribution < -0.4 is 26.6 Å². The van der Waals surface area contributed by atoms with E-state index in [-0.39, 0.29) is 27.3 Å². The second-order valence-electron chi connectivity index (χ2n) is 6.01. The van der Waals surface area contributed by atoms with Crippen molar-refractivity contribution >= 4 is 33.1 Å². The molecule has 8 nitrogen and oxygen atoms in total. The van der Waals surface area contributed by atoms with Crippen molar-refractivity contribution in [3.63, 3.8) is 0 Å². The van der Waals surface area contributed by atoms with Gasteiger partial charge in [0, 0.05) is 11.9 Å². The summed E-state index contributed by atoms with van der Waals surface area (Å²) in [4.78, 5) is 3.88. The number of hydrogen-bond acceptors (Lipinski definition) is 8. The summed E-state index contributed by atoms with van der Waals surface area (Å²) in [6.45, 7) is 0. The second-order valence-corrected chi connectivity index (χ2v) is 8.43. The number of alkyl halides is 3. The highest BCUT2D eigenvalue weighted by atomic mass is 35.5. The third-order valence-electron chi connectivity index (χ3n) is 3.73. The van der Waals surface area contributed by atoms with Crippen molar-refractivity contribution in [1.82, 2.24) is 10.9 Å². The number of halogens is 4. The van der Waals surface area contributed by atoms with Crippen molar-refractivity contribution in [3.05, 3.63) is 47.0 Å². The third kappa shape index (κ3) is 5.02. The molecule has 3 rings (SSSR count). The average Bonchev–Trinajstić information content (AvgIpc) is 3.00. The maximum absolute atomic E-state index is 13.6. The maximum atomic E-state index is 13.6. The van der Waals surface area contributed by atoms with Gasteiger partial charge in [0.2, 0.25) is 5.96 Å². The molecule has 0 bridgehead atoms. The van der Waals surface area contributed by atoms with E-state index in [1.54, 1.807) is 0 Å². The molecule has 0 amide bonds. The van der Waals surface area contributed by atoms with Gasteiger partial charge in [0.25, 0.3) is 0 Å². The van der Waals surface area contributed by atoms with Crippen LogP contribution in [-0.2, 0) is 16.0 Å². The van der Waals surface area contributed by atoms with Crippen LogP contribution in [0.3, 0.4) is 0 Å². The Morgan fingerprint density at radius 1 is 1.24 bits per heavy atom. The number of hydrazine groups is 1. The fourth-order valence-electron chi connectivity index (χ4n) is 2.44. The molecule has 5 N–H and O–H groups in total. The molecule has 1 unspecified atom stereocenters. The predicted octanol–water partition coefficient (Wildman–Crippen LogP) is 2.67. The van der Waals surface area contributed by atoms with Crippen LogP contribution >= 0.6 is 11.6 Å². The van der Waals surface area contributed by atoms with Crippen LogP contribution in [0.25, 0.3) is 0 Å². The Hall–Kier alpha value is -2.70. The number of nitrogens with one attached hydrogen (secondary N) is 3. The molecule has 0 aliphatic carbocycles. The van der Waals surface area contributed by atoms with Crippen LogP contribution in [0.2, 0.25) is 5.02 Å². The monoisotopic (exact) mass is 449 g/mol. The number of guanidine groups is 1. The number of ether oxygens (including phenoxy) is 1. The summed E-state index contributed by atoms with van der Waals surface area (Å²) in [6.07, 6.45) is -4.55. The fraction of sp³-hybridized carbons (Fsp3) is 0.188. The van der Waals surface area contributed by atoms with Crippen molar-refractivity contribution in [2.24, 2.45) is 10.7 Å². The number of aliphatic imine (C=N–C) groups is 1. The smallest absolute Gasteiger partial charge is 0.420 e. The van der Waals surface area contributed by atoms with Crippen LogP contribution in [-0.4, -0.2) is 26.9 Å². The molecule has 156 valence electrons. The van der Waals surface area contributed by atoms with Gasteiger partial charge in [0.05, 0.1) is 9.92 Å². The van der Waals surface area contributed by atoms with E-state index in [9.17, 15) is 21.6 Å². The number of hydrogen-bond donors (Lipinski definition) is 4. The predicted molar refractivity (Wildman–Crippen MR) is 101 cm³/mol. The molecule has 13 heteroatoms. The van der Waals surface area contributed by atoms with Crippen LogP contribution in [0.1, 0.15) is 5.56 Å². The standard InChI is InChI=1S/C16H15ClF3N5O3S/c1-29(26,27)10-4-2-9(3-5-10)28-13-11(16(18,19)20)6-8(7-12(13)17)22-15-23-14(21)24-25-15/h2-7,15,22,25H,1H3,(H3,21,23,24). The SMILES string of the molecule is CS(=O)(=O)c1ccc(Oc2c(Cl)cc(NC3N=C(N)NN3)cc2C(F)(F)F)cc1. The van der Waals surface area contributed by atoms with Crippen molar-refractivity contribution in [2.75, 3.05) is 11.6 Å².